The van der Waals surface area contributed by atoms with E-state index in [4.69, 9.17) is 5.11 Å². The van der Waals surface area contributed by atoms with Crippen molar-refractivity contribution in [3.8, 4) is 0 Å². The molecule has 1 aliphatic rings. The average Bonchev–Trinajstić information content (AvgIpc) is 2.35. The van der Waals surface area contributed by atoms with Crippen LogP contribution in [0, 0.1) is 0 Å². The number of nitrogens with zero attached hydrogens (tertiary/aromatic N) is 1. The molecule has 1 unspecified atom stereocenters. The van der Waals surface area contributed by atoms with E-state index in [1.165, 1.54) is 7.05 Å². The molecule has 9 heteroatoms. The maximum Gasteiger partial charge on any atom is 0.304 e. The molecule has 3 N–H and O–H groups in total. The number of sulfonamides is 1. The lowest BCUT2D eigenvalue weighted by atomic mass is 10.2. The lowest BCUT2D eigenvalue weighted by molar-refractivity contribution is -0.136. The summed E-state index contributed by atoms with van der Waals surface area (Å²) in [7, 11) is -2.30. The number of carbonyl (C=O) groups excluding carboxylic acids is 1. The molecule has 0 saturated carbocycles. The van der Waals surface area contributed by atoms with Crippen LogP contribution in [0.5, 0.6) is 0 Å². The molecule has 1 heterocycles. The van der Waals surface area contributed by atoms with E-state index in [1.54, 1.807) is 0 Å². The molecule has 1 atom stereocenters. The van der Waals surface area contributed by atoms with E-state index >= 15 is 0 Å². The molecular formula is C9H17N3O5S. The van der Waals surface area contributed by atoms with Crippen molar-refractivity contribution in [1.29, 1.82) is 0 Å². The van der Waals surface area contributed by atoms with Crippen molar-refractivity contribution in [2.75, 3.05) is 32.4 Å². The van der Waals surface area contributed by atoms with Crippen molar-refractivity contribution in [2.24, 2.45) is 0 Å². The molecule has 8 nitrogen and oxygen atoms in total. The zero-order valence-corrected chi connectivity index (χ0v) is 10.9. The van der Waals surface area contributed by atoms with Crippen LogP contribution in [0.25, 0.3) is 0 Å². The van der Waals surface area contributed by atoms with Gasteiger partial charge in [0.2, 0.25) is 15.9 Å². The van der Waals surface area contributed by atoms with Crippen molar-refractivity contribution in [1.82, 2.24) is 14.9 Å². The Balaban J connectivity index is 2.82. The molecule has 0 radical (unpaired) electrons. The number of carbonyl (C=O) groups is 2. The first-order chi connectivity index (χ1) is 8.38. The standard InChI is InChI=1S/C9H17N3O5S/c1-10-9(15)7-6-11-3-4-12(7)18(16,17)5-2-8(13)14/h7,11H,2-6H2,1H3,(H,10,15)(H,13,14). The number of hydrogen-bond donors (Lipinski definition) is 3. The minimum atomic E-state index is -3.73. The highest BCUT2D eigenvalue weighted by Gasteiger charge is 2.36. The monoisotopic (exact) mass is 279 g/mol. The van der Waals surface area contributed by atoms with Gasteiger partial charge < -0.3 is 15.7 Å². The molecule has 0 spiro atoms. The van der Waals surface area contributed by atoms with Gasteiger partial charge in [-0.05, 0) is 0 Å². The fourth-order valence-electron chi connectivity index (χ4n) is 1.74. The molecule has 0 aromatic rings. The number of nitrogens with one attached hydrogen (secondary N) is 2. The van der Waals surface area contributed by atoms with E-state index < -0.39 is 40.1 Å². The molecule has 18 heavy (non-hydrogen) atoms. The van der Waals surface area contributed by atoms with Gasteiger partial charge >= 0.3 is 5.97 Å². The third-order valence-corrected chi connectivity index (χ3v) is 4.55. The topological polar surface area (TPSA) is 116 Å². The van der Waals surface area contributed by atoms with Gasteiger partial charge in [0.05, 0.1) is 12.2 Å². The Bertz CT molecular complexity index is 422. The lowest BCUT2D eigenvalue weighted by Gasteiger charge is -2.33. The molecule has 1 saturated heterocycles. The van der Waals surface area contributed by atoms with E-state index in [9.17, 15) is 18.0 Å². The van der Waals surface area contributed by atoms with E-state index in [2.05, 4.69) is 10.6 Å². The molecule has 1 fully saturated rings. The van der Waals surface area contributed by atoms with Crippen LogP contribution in [0.2, 0.25) is 0 Å². The largest absolute Gasteiger partial charge is 0.481 e. The van der Waals surface area contributed by atoms with Crippen LogP contribution < -0.4 is 10.6 Å². The van der Waals surface area contributed by atoms with Crippen molar-refractivity contribution in [3.63, 3.8) is 0 Å². The van der Waals surface area contributed by atoms with Crippen molar-refractivity contribution < 1.29 is 23.1 Å². The Kier molecular flexibility index (Phi) is 5.05. The summed E-state index contributed by atoms with van der Waals surface area (Å²) in [6.07, 6.45) is -0.466. The van der Waals surface area contributed by atoms with E-state index in [0.717, 1.165) is 4.31 Å². The van der Waals surface area contributed by atoms with Crippen LogP contribution in [0.1, 0.15) is 6.42 Å². The van der Waals surface area contributed by atoms with Crippen molar-refractivity contribution in [3.05, 3.63) is 0 Å². The first kappa shape index (κ1) is 14.9. The van der Waals surface area contributed by atoms with Gasteiger partial charge in [0, 0.05) is 26.7 Å². The third-order valence-electron chi connectivity index (χ3n) is 2.67. The summed E-state index contributed by atoms with van der Waals surface area (Å²) >= 11 is 0. The molecule has 0 aliphatic carbocycles. The van der Waals surface area contributed by atoms with E-state index in [1.807, 2.05) is 0 Å². The number of aliphatic carboxylic acids is 1. The van der Waals surface area contributed by atoms with Crippen LogP contribution >= 0.6 is 0 Å². The Labute approximate surface area is 105 Å². The summed E-state index contributed by atoms with van der Waals surface area (Å²) in [5, 5.41) is 13.9. The maximum atomic E-state index is 12.0. The number of amides is 1. The number of carboxylic acid groups (broad SMARTS) is 1. The van der Waals surface area contributed by atoms with Crippen LogP contribution in [-0.2, 0) is 19.6 Å². The van der Waals surface area contributed by atoms with Crippen LogP contribution in [0.3, 0.4) is 0 Å². The Morgan fingerprint density at radius 2 is 2.17 bits per heavy atom. The molecule has 0 aromatic carbocycles. The fraction of sp³-hybridized carbons (Fsp3) is 0.778. The summed E-state index contributed by atoms with van der Waals surface area (Å²) in [6, 6.07) is -0.817. The van der Waals surface area contributed by atoms with Gasteiger partial charge in [-0.3, -0.25) is 9.59 Å². The average molecular weight is 279 g/mol. The van der Waals surface area contributed by atoms with E-state index in [0.29, 0.717) is 6.54 Å². The van der Waals surface area contributed by atoms with Crippen LogP contribution in [0.4, 0.5) is 0 Å². The van der Waals surface area contributed by atoms with Crippen LogP contribution in [-0.4, -0.2) is 68.2 Å². The molecule has 0 bridgehead atoms. The zero-order valence-electron chi connectivity index (χ0n) is 10.0. The molecular weight excluding hydrogens is 262 g/mol. The lowest BCUT2D eigenvalue weighted by Crippen LogP contribution is -2.59. The van der Waals surface area contributed by atoms with Gasteiger partial charge in [-0.15, -0.1) is 0 Å². The molecule has 104 valence electrons. The van der Waals surface area contributed by atoms with Gasteiger partial charge in [-0.1, -0.05) is 0 Å². The van der Waals surface area contributed by atoms with E-state index in [-0.39, 0.29) is 13.1 Å². The van der Waals surface area contributed by atoms with Crippen molar-refractivity contribution >= 4 is 21.9 Å². The zero-order chi connectivity index (χ0) is 13.8. The first-order valence-corrected chi connectivity index (χ1v) is 7.13. The molecule has 1 rings (SSSR count). The molecule has 1 amide bonds. The number of likely N-dealkylation sites (N-methyl/N-ethyl adjacent to an activating group) is 1. The highest BCUT2D eigenvalue weighted by molar-refractivity contribution is 7.89. The summed E-state index contributed by atoms with van der Waals surface area (Å²) in [6.45, 7) is 0.839. The van der Waals surface area contributed by atoms with Gasteiger partial charge in [-0.2, -0.15) is 4.31 Å². The fourth-order valence-corrected chi connectivity index (χ4v) is 3.34. The van der Waals surface area contributed by atoms with Gasteiger partial charge in [0.1, 0.15) is 6.04 Å². The number of carboxylic acids is 1. The Hall–Kier alpha value is -1.19. The highest BCUT2D eigenvalue weighted by atomic mass is 32.2. The number of piperazine rings is 1. The maximum absolute atomic E-state index is 12.0. The van der Waals surface area contributed by atoms with Crippen molar-refractivity contribution in [2.45, 2.75) is 12.5 Å². The summed E-state index contributed by atoms with van der Waals surface area (Å²) in [5.41, 5.74) is 0. The summed E-state index contributed by atoms with van der Waals surface area (Å²) in [5.74, 6) is -2.07. The highest BCUT2D eigenvalue weighted by Crippen LogP contribution is 2.11. The quantitative estimate of drug-likeness (QED) is 0.526. The third kappa shape index (κ3) is 3.65. The van der Waals surface area contributed by atoms with Gasteiger partial charge in [0.25, 0.3) is 0 Å². The second kappa shape index (κ2) is 6.12. The van der Waals surface area contributed by atoms with Gasteiger partial charge in [-0.25, -0.2) is 8.42 Å². The minimum Gasteiger partial charge on any atom is -0.481 e. The SMILES string of the molecule is CNC(=O)C1CNCCN1S(=O)(=O)CCC(=O)O. The van der Waals surface area contributed by atoms with Gasteiger partial charge in [0.15, 0.2) is 0 Å². The summed E-state index contributed by atoms with van der Waals surface area (Å²) < 4.78 is 25.0. The predicted molar refractivity (Wildman–Crippen MR) is 63.5 cm³/mol. The summed E-state index contributed by atoms with van der Waals surface area (Å²) in [4.78, 5) is 22.0. The Morgan fingerprint density at radius 3 is 2.72 bits per heavy atom. The second-order valence-electron chi connectivity index (χ2n) is 3.90. The Morgan fingerprint density at radius 1 is 1.50 bits per heavy atom. The first-order valence-electron chi connectivity index (χ1n) is 5.52. The number of rotatable bonds is 5. The minimum absolute atomic E-state index is 0.167. The molecule has 0 aromatic heterocycles. The normalized spacial score (nSPS) is 21.5. The number of hydrogen-bond acceptors (Lipinski definition) is 5. The predicted octanol–water partition coefficient (Wildman–Crippen LogP) is -2.19. The smallest absolute Gasteiger partial charge is 0.304 e. The second-order valence-corrected chi connectivity index (χ2v) is 5.95. The molecule has 1 aliphatic heterocycles. The van der Waals surface area contributed by atoms with Crippen LogP contribution in [0.15, 0.2) is 0 Å².